The van der Waals surface area contributed by atoms with Gasteiger partial charge >= 0.3 is 41.7 Å². The molecule has 0 spiro atoms. The number of carboxylic acid groups (broad SMARTS) is 1. The van der Waals surface area contributed by atoms with Crippen LogP contribution in [0.25, 0.3) is 11.3 Å². The number of hydrogen-bond acceptors (Lipinski definition) is 9. The van der Waals surface area contributed by atoms with E-state index in [9.17, 15) is 32.7 Å². The summed E-state index contributed by atoms with van der Waals surface area (Å²) in [5.74, 6) is -0.370. The molecular formula is C45H44ClF3N3NaO6. The van der Waals surface area contributed by atoms with Crippen molar-refractivity contribution in [3.63, 3.8) is 0 Å². The van der Waals surface area contributed by atoms with Gasteiger partial charge in [-0.15, -0.1) is 0 Å². The molecule has 0 saturated heterocycles. The van der Waals surface area contributed by atoms with Crippen molar-refractivity contribution in [2.24, 2.45) is 5.92 Å². The number of carbonyl (C=O) groups is 3. The van der Waals surface area contributed by atoms with E-state index in [4.69, 9.17) is 21.1 Å². The number of aromatic nitrogens is 2. The standard InChI is InChI=1S/C25H24F3N3O2.C20H21ClO4.Na/c26-25(27,28)23-12-10-21(15-30-23)31-20-9-11-22(29-14-20)19-7-5-18(6-8-19)17-3-1-16(2-4-17)13-24(32)33;1-13(2)24-19(23)20(3,4)25-17-11-7-15(8-12-17)18(22)14-5-9-16(21)10-6-14;/h5-12,14-17,31H,1-4,13H2,(H,32,33);5-13H,1-4H3;/q;;+1/p-1. The van der Waals surface area contributed by atoms with E-state index in [0.717, 1.165) is 49.2 Å². The number of halogens is 4. The first-order valence-electron chi connectivity index (χ1n) is 18.8. The van der Waals surface area contributed by atoms with Gasteiger partial charge in [0.15, 0.2) is 11.4 Å². The first-order valence-corrected chi connectivity index (χ1v) is 19.2. The molecule has 1 fully saturated rings. The van der Waals surface area contributed by atoms with Crippen LogP contribution < -0.4 is 44.7 Å². The normalized spacial score (nSPS) is 15.2. The minimum atomic E-state index is -4.46. The van der Waals surface area contributed by atoms with Gasteiger partial charge in [0, 0.05) is 27.7 Å². The molecule has 0 atom stereocenters. The number of hydrogen-bond donors (Lipinski definition) is 1. The molecule has 304 valence electrons. The van der Waals surface area contributed by atoms with E-state index in [1.54, 1.807) is 82.4 Å². The molecule has 0 radical (unpaired) electrons. The van der Waals surface area contributed by atoms with Gasteiger partial charge in [-0.3, -0.25) is 9.78 Å². The topological polar surface area (TPSA) is 131 Å². The number of pyridine rings is 2. The number of anilines is 2. The number of alkyl halides is 3. The SMILES string of the molecule is CC(C)OC(=O)C(C)(C)Oc1ccc(C(=O)c2ccc(Cl)cc2)cc1.O=C([O-])CC1CCC(c2ccc(-c3ccc(Nc4ccc(C(F)(F)F)nc4)cn3)cc2)CC1.[Na+]. The van der Waals surface area contributed by atoms with Crippen molar-refractivity contribution in [1.29, 1.82) is 0 Å². The van der Waals surface area contributed by atoms with Crippen molar-refractivity contribution in [1.82, 2.24) is 9.97 Å². The van der Waals surface area contributed by atoms with Gasteiger partial charge in [-0.2, -0.15) is 13.2 Å². The molecular weight excluding hydrogens is 794 g/mol. The van der Waals surface area contributed by atoms with Gasteiger partial charge in [-0.25, -0.2) is 9.78 Å². The molecule has 0 unspecified atom stereocenters. The number of ether oxygens (including phenoxy) is 2. The van der Waals surface area contributed by atoms with Gasteiger partial charge in [0.05, 0.1) is 35.6 Å². The quantitative estimate of drug-likeness (QED) is 0.0802. The predicted molar refractivity (Wildman–Crippen MR) is 214 cm³/mol. The van der Waals surface area contributed by atoms with Crippen LogP contribution in [-0.2, 0) is 20.5 Å². The van der Waals surface area contributed by atoms with Crippen LogP contribution >= 0.6 is 11.6 Å². The van der Waals surface area contributed by atoms with Gasteiger partial charge in [0.1, 0.15) is 11.4 Å². The Labute approximate surface area is 369 Å². The third kappa shape index (κ3) is 13.9. The summed E-state index contributed by atoms with van der Waals surface area (Å²) in [7, 11) is 0. The van der Waals surface area contributed by atoms with Crippen LogP contribution in [0.2, 0.25) is 5.02 Å². The zero-order chi connectivity index (χ0) is 42.0. The molecule has 6 rings (SSSR count). The van der Waals surface area contributed by atoms with Crippen LogP contribution in [0, 0.1) is 5.92 Å². The zero-order valence-corrected chi connectivity index (χ0v) is 36.3. The van der Waals surface area contributed by atoms with Gasteiger partial charge in [0.2, 0.25) is 0 Å². The predicted octanol–water partition coefficient (Wildman–Crippen LogP) is 7.00. The van der Waals surface area contributed by atoms with Crippen LogP contribution in [0.4, 0.5) is 24.5 Å². The summed E-state index contributed by atoms with van der Waals surface area (Å²) in [6.45, 7) is 6.85. The summed E-state index contributed by atoms with van der Waals surface area (Å²) in [5, 5.41) is 14.4. The molecule has 2 heterocycles. The Morgan fingerprint density at radius 2 is 1.36 bits per heavy atom. The maximum atomic E-state index is 12.6. The average molecular weight is 838 g/mol. The molecule has 3 aromatic carbocycles. The number of ketones is 1. The molecule has 0 aliphatic heterocycles. The van der Waals surface area contributed by atoms with E-state index in [2.05, 4.69) is 27.4 Å². The van der Waals surface area contributed by atoms with Gasteiger partial charge in [-0.1, -0.05) is 35.9 Å². The minimum Gasteiger partial charge on any atom is -0.550 e. The first kappa shape index (κ1) is 46.9. The number of aliphatic carboxylic acids is 1. The number of carboxylic acids is 1. The fraction of sp³-hybridized carbons (Fsp3) is 0.311. The molecule has 1 N–H and O–H groups in total. The van der Waals surface area contributed by atoms with Crippen LogP contribution in [-0.4, -0.2) is 39.4 Å². The monoisotopic (exact) mass is 837 g/mol. The van der Waals surface area contributed by atoms with Crippen molar-refractivity contribution in [2.75, 3.05) is 5.32 Å². The van der Waals surface area contributed by atoms with Crippen LogP contribution in [0.3, 0.4) is 0 Å². The molecule has 9 nitrogen and oxygen atoms in total. The van der Waals surface area contributed by atoms with Gasteiger partial charge in [-0.05, 0) is 150 Å². The van der Waals surface area contributed by atoms with Gasteiger partial charge in [0.25, 0.3) is 0 Å². The van der Waals surface area contributed by atoms with Crippen molar-refractivity contribution in [2.45, 2.75) is 83.6 Å². The Bertz CT molecular complexity index is 2140. The molecule has 1 aliphatic carbocycles. The number of rotatable bonds is 12. The van der Waals surface area contributed by atoms with E-state index in [1.165, 1.54) is 11.6 Å². The van der Waals surface area contributed by atoms with E-state index < -0.39 is 29.4 Å². The summed E-state index contributed by atoms with van der Waals surface area (Å²) in [6, 6.07) is 27.5. The second-order valence-corrected chi connectivity index (χ2v) is 15.3. The van der Waals surface area contributed by atoms with Crippen LogP contribution in [0.1, 0.15) is 92.9 Å². The second-order valence-electron chi connectivity index (χ2n) is 14.8. The smallest absolute Gasteiger partial charge is 0.550 e. The van der Waals surface area contributed by atoms with Gasteiger partial charge < -0.3 is 24.7 Å². The Hall–Kier alpha value is -4.75. The van der Waals surface area contributed by atoms with Crippen LogP contribution in [0.5, 0.6) is 5.75 Å². The number of nitrogens with one attached hydrogen (secondary N) is 1. The Balaban J connectivity index is 0.000000267. The maximum absolute atomic E-state index is 12.6. The molecule has 0 amide bonds. The zero-order valence-electron chi connectivity index (χ0n) is 33.5. The second kappa shape index (κ2) is 21.0. The summed E-state index contributed by atoms with van der Waals surface area (Å²) in [4.78, 5) is 43.2. The summed E-state index contributed by atoms with van der Waals surface area (Å²) >= 11 is 5.84. The molecule has 1 aliphatic rings. The molecule has 59 heavy (non-hydrogen) atoms. The third-order valence-electron chi connectivity index (χ3n) is 9.52. The Morgan fingerprint density at radius 1 is 0.797 bits per heavy atom. The first-order chi connectivity index (χ1) is 27.5. The van der Waals surface area contributed by atoms with Crippen molar-refractivity contribution >= 4 is 40.7 Å². The summed E-state index contributed by atoms with van der Waals surface area (Å²) < 4.78 is 48.8. The fourth-order valence-corrected chi connectivity index (χ4v) is 6.56. The molecule has 0 bridgehead atoms. The third-order valence-corrected chi connectivity index (χ3v) is 9.77. The summed E-state index contributed by atoms with van der Waals surface area (Å²) in [5.41, 5.74) is 3.11. The molecule has 2 aromatic heterocycles. The van der Waals surface area contributed by atoms with E-state index in [1.807, 2.05) is 24.3 Å². The van der Waals surface area contributed by atoms with Crippen LogP contribution in [0.15, 0.2) is 109 Å². The van der Waals surface area contributed by atoms with E-state index in [-0.39, 0.29) is 53.8 Å². The average Bonchev–Trinajstić information content (AvgIpc) is 3.18. The Morgan fingerprint density at radius 3 is 1.85 bits per heavy atom. The molecule has 14 heteroatoms. The van der Waals surface area contributed by atoms with Crippen molar-refractivity contribution in [3.05, 3.63) is 137 Å². The minimum absolute atomic E-state index is 0. The number of esters is 1. The number of benzene rings is 3. The largest absolute Gasteiger partial charge is 1.00 e. The summed E-state index contributed by atoms with van der Waals surface area (Å²) in [6.07, 6.45) is 2.02. The Kier molecular flexibility index (Phi) is 16.7. The maximum Gasteiger partial charge on any atom is 1.00 e. The van der Waals surface area contributed by atoms with Crippen molar-refractivity contribution < 1.29 is 71.7 Å². The van der Waals surface area contributed by atoms with E-state index >= 15 is 0 Å². The number of carbonyl (C=O) groups excluding carboxylic acids is 3. The van der Waals surface area contributed by atoms with E-state index in [0.29, 0.717) is 39.2 Å². The number of nitrogens with zero attached hydrogens (tertiary/aromatic N) is 2. The molecule has 1 saturated carbocycles. The molecule has 5 aromatic rings. The van der Waals surface area contributed by atoms with Crippen molar-refractivity contribution in [3.8, 4) is 17.0 Å². The fourth-order valence-electron chi connectivity index (χ4n) is 6.44.